The first kappa shape index (κ1) is 14.2. The quantitative estimate of drug-likeness (QED) is 0.546. The van der Waals surface area contributed by atoms with E-state index in [-0.39, 0.29) is 17.7 Å². The zero-order chi connectivity index (χ0) is 12.9. The highest BCUT2D eigenvalue weighted by Crippen LogP contribution is 2.41. The molecule has 1 rings (SSSR count). The second-order valence-electron chi connectivity index (χ2n) is 4.68. The average molecular weight is 242 g/mol. The lowest BCUT2D eigenvalue weighted by atomic mass is 9.65. The molecule has 0 radical (unpaired) electrons. The van der Waals surface area contributed by atoms with E-state index >= 15 is 0 Å². The molecule has 0 aromatic heterocycles. The highest BCUT2D eigenvalue weighted by Gasteiger charge is 2.51. The van der Waals surface area contributed by atoms with Crippen molar-refractivity contribution in [2.75, 3.05) is 20.3 Å². The number of ketones is 1. The molecule has 4 nitrogen and oxygen atoms in total. The summed E-state index contributed by atoms with van der Waals surface area (Å²) in [5.41, 5.74) is -0.968. The fourth-order valence-corrected chi connectivity index (χ4v) is 2.64. The molecular weight excluding hydrogens is 220 g/mol. The fraction of sp³-hybridized carbons (Fsp3) is 0.846. The van der Waals surface area contributed by atoms with Crippen molar-refractivity contribution in [2.24, 2.45) is 11.3 Å². The maximum Gasteiger partial charge on any atom is 0.319 e. The van der Waals surface area contributed by atoms with Gasteiger partial charge < -0.3 is 9.47 Å². The monoisotopic (exact) mass is 242 g/mol. The van der Waals surface area contributed by atoms with Crippen molar-refractivity contribution < 1.29 is 19.1 Å². The minimum Gasteiger partial charge on any atom is -0.465 e. The van der Waals surface area contributed by atoms with Gasteiger partial charge in [-0.2, -0.15) is 0 Å². The summed E-state index contributed by atoms with van der Waals surface area (Å²) in [5, 5.41) is 0. The van der Waals surface area contributed by atoms with Crippen LogP contribution >= 0.6 is 0 Å². The fourth-order valence-electron chi connectivity index (χ4n) is 2.64. The van der Waals surface area contributed by atoms with E-state index in [4.69, 9.17) is 9.47 Å². The molecule has 1 fully saturated rings. The Hall–Kier alpha value is -0.900. The number of carbonyl (C=O) groups is 2. The number of hydrogen-bond donors (Lipinski definition) is 0. The van der Waals surface area contributed by atoms with Gasteiger partial charge in [0.25, 0.3) is 0 Å². The lowest BCUT2D eigenvalue weighted by Crippen LogP contribution is -2.49. The van der Waals surface area contributed by atoms with Crippen LogP contribution in [0.3, 0.4) is 0 Å². The largest absolute Gasteiger partial charge is 0.465 e. The van der Waals surface area contributed by atoms with Gasteiger partial charge in [-0.3, -0.25) is 9.59 Å². The Morgan fingerprint density at radius 1 is 1.47 bits per heavy atom. The second-order valence-corrected chi connectivity index (χ2v) is 4.68. The molecule has 98 valence electrons. The Morgan fingerprint density at radius 2 is 2.18 bits per heavy atom. The van der Waals surface area contributed by atoms with Crippen molar-refractivity contribution in [1.29, 1.82) is 0 Å². The first-order chi connectivity index (χ1) is 8.09. The predicted molar refractivity (Wildman–Crippen MR) is 63.6 cm³/mol. The molecule has 0 heterocycles. The molecule has 1 saturated carbocycles. The molecule has 0 aromatic rings. The molecular formula is C13H22O4. The lowest BCUT2D eigenvalue weighted by molar-refractivity contribution is -0.167. The van der Waals surface area contributed by atoms with Crippen molar-refractivity contribution in [2.45, 2.75) is 39.5 Å². The molecule has 0 saturated heterocycles. The normalized spacial score (nSPS) is 26.6. The molecule has 17 heavy (non-hydrogen) atoms. The Balaban J connectivity index is 2.97. The maximum absolute atomic E-state index is 12.2. The van der Waals surface area contributed by atoms with E-state index < -0.39 is 5.41 Å². The first-order valence-corrected chi connectivity index (χ1v) is 6.29. The molecule has 0 bridgehead atoms. The van der Waals surface area contributed by atoms with Gasteiger partial charge in [0.15, 0.2) is 5.78 Å². The van der Waals surface area contributed by atoms with Gasteiger partial charge in [-0.15, -0.1) is 0 Å². The number of methoxy groups -OCH3 is 1. The summed E-state index contributed by atoms with van der Waals surface area (Å²) in [6.07, 6.45) is 2.85. The molecule has 0 spiro atoms. The molecule has 2 atom stereocenters. The van der Waals surface area contributed by atoms with E-state index in [0.29, 0.717) is 26.1 Å². The maximum atomic E-state index is 12.2. The van der Waals surface area contributed by atoms with Crippen LogP contribution in [-0.4, -0.2) is 32.1 Å². The van der Waals surface area contributed by atoms with Crippen LogP contribution < -0.4 is 0 Å². The summed E-state index contributed by atoms with van der Waals surface area (Å²) >= 11 is 0. The predicted octanol–water partition coefficient (Wildman–Crippen LogP) is 1.96. The van der Waals surface area contributed by atoms with Crippen LogP contribution in [0.2, 0.25) is 0 Å². The van der Waals surface area contributed by atoms with Crippen LogP contribution in [0.4, 0.5) is 0 Å². The Kier molecular flexibility index (Phi) is 5.12. The van der Waals surface area contributed by atoms with Gasteiger partial charge in [-0.25, -0.2) is 0 Å². The van der Waals surface area contributed by atoms with Gasteiger partial charge in [0, 0.05) is 19.4 Å². The summed E-state index contributed by atoms with van der Waals surface area (Å²) in [4.78, 5) is 24.3. The van der Waals surface area contributed by atoms with Crippen LogP contribution in [-0.2, 0) is 19.1 Å². The molecule has 0 N–H and O–H groups in total. The van der Waals surface area contributed by atoms with E-state index in [1.54, 1.807) is 14.0 Å². The van der Waals surface area contributed by atoms with Crippen molar-refractivity contribution in [3.8, 4) is 0 Å². The third-order valence-corrected chi connectivity index (χ3v) is 3.62. The van der Waals surface area contributed by atoms with Crippen molar-refractivity contribution in [3.05, 3.63) is 0 Å². The summed E-state index contributed by atoms with van der Waals surface area (Å²) in [6, 6.07) is 0. The lowest BCUT2D eigenvalue weighted by Gasteiger charge is -2.37. The van der Waals surface area contributed by atoms with Crippen molar-refractivity contribution in [1.82, 2.24) is 0 Å². The number of hydrogen-bond acceptors (Lipinski definition) is 4. The van der Waals surface area contributed by atoms with Gasteiger partial charge in [-0.05, 0) is 19.8 Å². The number of Topliss-reactive ketones (excluding diaryl/α,β-unsaturated/α-hetero) is 1. The zero-order valence-corrected chi connectivity index (χ0v) is 11.0. The van der Waals surface area contributed by atoms with E-state index in [1.165, 1.54) is 0 Å². The van der Waals surface area contributed by atoms with Crippen LogP contribution in [0, 0.1) is 11.3 Å². The minimum atomic E-state index is -0.968. The van der Waals surface area contributed by atoms with Gasteiger partial charge >= 0.3 is 5.97 Å². The van der Waals surface area contributed by atoms with E-state index in [9.17, 15) is 9.59 Å². The average Bonchev–Trinajstić information content (AvgIpc) is 2.30. The number of ether oxygens (including phenoxy) is 2. The van der Waals surface area contributed by atoms with Crippen LogP contribution in [0.15, 0.2) is 0 Å². The zero-order valence-electron chi connectivity index (χ0n) is 11.0. The summed E-state index contributed by atoms with van der Waals surface area (Å²) in [7, 11) is 1.59. The van der Waals surface area contributed by atoms with Crippen LogP contribution in [0.1, 0.15) is 39.5 Å². The van der Waals surface area contributed by atoms with E-state index in [1.807, 2.05) is 6.92 Å². The smallest absolute Gasteiger partial charge is 0.319 e. The highest BCUT2D eigenvalue weighted by molar-refractivity contribution is 6.04. The van der Waals surface area contributed by atoms with E-state index in [2.05, 4.69) is 0 Å². The molecule has 2 unspecified atom stereocenters. The summed E-state index contributed by atoms with van der Waals surface area (Å²) < 4.78 is 10.2. The summed E-state index contributed by atoms with van der Waals surface area (Å²) in [5.74, 6) is -0.472. The Morgan fingerprint density at radius 3 is 2.71 bits per heavy atom. The van der Waals surface area contributed by atoms with Crippen LogP contribution in [0.25, 0.3) is 0 Å². The van der Waals surface area contributed by atoms with E-state index in [0.717, 1.165) is 12.8 Å². The van der Waals surface area contributed by atoms with Gasteiger partial charge in [-0.1, -0.05) is 13.3 Å². The van der Waals surface area contributed by atoms with Gasteiger partial charge in [0.2, 0.25) is 0 Å². The molecule has 1 aliphatic carbocycles. The molecule has 0 aliphatic heterocycles. The third-order valence-electron chi connectivity index (χ3n) is 3.62. The molecule has 0 aromatic carbocycles. The molecule has 0 amide bonds. The highest BCUT2D eigenvalue weighted by atomic mass is 16.5. The van der Waals surface area contributed by atoms with Gasteiger partial charge in [0.1, 0.15) is 5.41 Å². The minimum absolute atomic E-state index is 0.0201. The first-order valence-electron chi connectivity index (χ1n) is 6.29. The molecule has 1 aliphatic rings. The van der Waals surface area contributed by atoms with Crippen molar-refractivity contribution in [3.63, 3.8) is 0 Å². The Bertz CT molecular complexity index is 287. The van der Waals surface area contributed by atoms with Crippen molar-refractivity contribution >= 4 is 11.8 Å². The Labute approximate surface area is 103 Å². The SMILES string of the molecule is CCOC(=O)C1(C(C)COC)CCCCC1=O. The number of carbonyl (C=O) groups excluding carboxylic acids is 2. The number of rotatable bonds is 5. The summed E-state index contributed by atoms with van der Waals surface area (Å²) in [6.45, 7) is 4.38. The number of esters is 1. The standard InChI is InChI=1S/C13H22O4/c1-4-17-12(15)13(10(2)9-16-3)8-6-5-7-11(13)14/h10H,4-9H2,1-3H3. The molecule has 4 heteroatoms. The topological polar surface area (TPSA) is 52.6 Å². The second kappa shape index (κ2) is 6.15. The third kappa shape index (κ3) is 2.68. The van der Waals surface area contributed by atoms with Crippen LogP contribution in [0.5, 0.6) is 0 Å². The van der Waals surface area contributed by atoms with Gasteiger partial charge in [0.05, 0.1) is 13.2 Å².